The largest absolute Gasteiger partial charge is 0.330 e. The third-order valence-electron chi connectivity index (χ3n) is 6.37. The average molecular weight is 421 g/mol. The first-order valence-corrected chi connectivity index (χ1v) is 10.9. The number of carbonyl (C=O) groups is 1. The summed E-state index contributed by atoms with van der Waals surface area (Å²) in [6.45, 7) is 2.55. The summed E-state index contributed by atoms with van der Waals surface area (Å²) in [6, 6.07) is 10.5. The van der Waals surface area contributed by atoms with Gasteiger partial charge in [0.05, 0.1) is 23.3 Å². The maximum absolute atomic E-state index is 13.5. The molecule has 0 saturated carbocycles. The van der Waals surface area contributed by atoms with Crippen molar-refractivity contribution in [1.29, 1.82) is 0 Å². The van der Waals surface area contributed by atoms with Gasteiger partial charge in [-0.15, -0.1) is 0 Å². The van der Waals surface area contributed by atoms with Gasteiger partial charge in [-0.2, -0.15) is 5.10 Å². The highest BCUT2D eigenvalue weighted by atomic mass is 19.1. The zero-order chi connectivity index (χ0) is 22.0. The molecule has 3 aromatic rings. The van der Waals surface area contributed by atoms with E-state index in [2.05, 4.69) is 5.10 Å². The summed E-state index contributed by atoms with van der Waals surface area (Å²) >= 11 is 0. The molecule has 0 fully saturated rings. The Bertz CT molecular complexity index is 1070. The Labute approximate surface area is 182 Å². The minimum absolute atomic E-state index is 0.000138. The van der Waals surface area contributed by atoms with Crippen molar-refractivity contribution in [3.8, 4) is 11.4 Å². The molecule has 1 aliphatic rings. The summed E-state index contributed by atoms with van der Waals surface area (Å²) in [7, 11) is 1.91. The highest BCUT2D eigenvalue weighted by Gasteiger charge is 2.29. The fraction of sp³-hybridized carbons (Fsp3) is 0.400. The van der Waals surface area contributed by atoms with E-state index in [1.54, 1.807) is 12.1 Å². The molecule has 0 bridgehead atoms. The molecule has 5 nitrogen and oxygen atoms in total. The van der Waals surface area contributed by atoms with Crippen LogP contribution in [-0.4, -0.2) is 27.1 Å². The van der Waals surface area contributed by atoms with Crippen molar-refractivity contribution >= 4 is 5.78 Å². The molecule has 0 spiro atoms. The molecule has 31 heavy (non-hydrogen) atoms. The van der Waals surface area contributed by atoms with Crippen molar-refractivity contribution in [2.45, 2.75) is 39.0 Å². The van der Waals surface area contributed by atoms with Gasteiger partial charge in [0.1, 0.15) is 5.82 Å². The molecule has 162 valence electrons. The van der Waals surface area contributed by atoms with Crippen LogP contribution in [0.2, 0.25) is 0 Å². The second kappa shape index (κ2) is 9.10. The monoisotopic (exact) mass is 420 g/mol. The number of rotatable bonds is 7. The molecule has 2 N–H and O–H groups in total. The van der Waals surface area contributed by atoms with Gasteiger partial charge in [0.15, 0.2) is 5.78 Å². The van der Waals surface area contributed by atoms with Gasteiger partial charge in [-0.3, -0.25) is 14.5 Å². The molecular formula is C25H29FN4O. The number of fused-ring (bicyclic) bond motifs is 1. The van der Waals surface area contributed by atoms with Gasteiger partial charge in [-0.05, 0) is 86.9 Å². The van der Waals surface area contributed by atoms with Gasteiger partial charge in [0.25, 0.3) is 0 Å². The lowest BCUT2D eigenvalue weighted by Crippen LogP contribution is -2.26. The number of Topliss-reactive ketones (excluding diaryl/α,β-unsaturated/α-hetero) is 1. The zero-order valence-corrected chi connectivity index (χ0v) is 18.1. The lowest BCUT2D eigenvalue weighted by Gasteiger charge is -2.25. The highest BCUT2D eigenvalue weighted by molar-refractivity contribution is 6.00. The minimum Gasteiger partial charge on any atom is -0.330 e. The highest BCUT2D eigenvalue weighted by Crippen LogP contribution is 2.31. The fourth-order valence-corrected chi connectivity index (χ4v) is 4.64. The summed E-state index contributed by atoms with van der Waals surface area (Å²) in [5.41, 5.74) is 11.5. The second-order valence-corrected chi connectivity index (χ2v) is 8.60. The number of carbonyl (C=O) groups excluding carboxylic acids is 1. The van der Waals surface area contributed by atoms with E-state index >= 15 is 0 Å². The summed E-state index contributed by atoms with van der Waals surface area (Å²) in [4.78, 5) is 17.9. The topological polar surface area (TPSA) is 73.8 Å². The van der Waals surface area contributed by atoms with Crippen LogP contribution in [0, 0.1) is 24.6 Å². The number of aryl methyl sites for hydroxylation is 3. The predicted molar refractivity (Wildman–Crippen MR) is 119 cm³/mol. The number of nitrogens with zero attached hydrogens (tertiary/aromatic N) is 3. The van der Waals surface area contributed by atoms with Crippen LogP contribution in [0.15, 0.2) is 42.6 Å². The van der Waals surface area contributed by atoms with E-state index in [0.29, 0.717) is 6.54 Å². The average Bonchev–Trinajstić information content (AvgIpc) is 3.10. The van der Waals surface area contributed by atoms with Crippen LogP contribution in [0.5, 0.6) is 0 Å². The first-order chi connectivity index (χ1) is 15.0. The summed E-state index contributed by atoms with van der Waals surface area (Å²) in [6.07, 6.45) is 5.84. The third-order valence-corrected chi connectivity index (χ3v) is 6.37. The molecule has 4 rings (SSSR count). The Morgan fingerprint density at radius 1 is 1.29 bits per heavy atom. The van der Waals surface area contributed by atoms with E-state index in [4.69, 9.17) is 10.7 Å². The van der Waals surface area contributed by atoms with Crippen molar-refractivity contribution in [1.82, 2.24) is 14.8 Å². The molecule has 0 saturated heterocycles. The number of pyridine rings is 1. The SMILES string of the molecule is Cc1cnn(C)c1-c1ccc2c(n1)CCC(CCC(CN)Cc1cccc(F)c1)C2=O. The normalized spacial score (nSPS) is 16.9. The van der Waals surface area contributed by atoms with E-state index in [-0.39, 0.29) is 23.4 Å². The quantitative estimate of drug-likeness (QED) is 0.619. The molecule has 2 atom stereocenters. The Balaban J connectivity index is 1.43. The Morgan fingerprint density at radius 2 is 2.13 bits per heavy atom. The lowest BCUT2D eigenvalue weighted by molar-refractivity contribution is 0.0888. The number of nitrogens with two attached hydrogens (primary N) is 1. The first-order valence-electron chi connectivity index (χ1n) is 10.9. The molecule has 2 unspecified atom stereocenters. The van der Waals surface area contributed by atoms with E-state index < -0.39 is 0 Å². The van der Waals surface area contributed by atoms with Crippen LogP contribution in [0.4, 0.5) is 4.39 Å². The molecular weight excluding hydrogens is 391 g/mol. The number of benzene rings is 1. The summed E-state index contributed by atoms with van der Waals surface area (Å²) in [5.74, 6) is 0.202. The summed E-state index contributed by atoms with van der Waals surface area (Å²) in [5, 5.41) is 4.29. The van der Waals surface area contributed by atoms with Crippen molar-refractivity contribution in [2.75, 3.05) is 6.54 Å². The lowest BCUT2D eigenvalue weighted by atomic mass is 9.80. The molecule has 2 aromatic heterocycles. The third kappa shape index (κ3) is 4.59. The number of hydrogen-bond acceptors (Lipinski definition) is 4. The Hall–Kier alpha value is -2.86. The molecule has 0 aliphatic heterocycles. The second-order valence-electron chi connectivity index (χ2n) is 8.60. The maximum Gasteiger partial charge on any atom is 0.167 e. The predicted octanol–water partition coefficient (Wildman–Crippen LogP) is 4.27. The first kappa shape index (κ1) is 21.4. The molecule has 2 heterocycles. The van der Waals surface area contributed by atoms with Crippen LogP contribution in [0.3, 0.4) is 0 Å². The smallest absolute Gasteiger partial charge is 0.167 e. The van der Waals surface area contributed by atoms with Crippen LogP contribution in [-0.2, 0) is 19.9 Å². The van der Waals surface area contributed by atoms with E-state index in [1.807, 2.05) is 43.0 Å². The van der Waals surface area contributed by atoms with E-state index in [0.717, 1.165) is 65.9 Å². The van der Waals surface area contributed by atoms with Gasteiger partial charge >= 0.3 is 0 Å². The van der Waals surface area contributed by atoms with E-state index in [9.17, 15) is 9.18 Å². The van der Waals surface area contributed by atoms with Crippen molar-refractivity contribution in [3.05, 3.63) is 70.8 Å². The van der Waals surface area contributed by atoms with Crippen LogP contribution in [0.25, 0.3) is 11.4 Å². The van der Waals surface area contributed by atoms with Crippen LogP contribution >= 0.6 is 0 Å². The molecule has 0 amide bonds. The van der Waals surface area contributed by atoms with Crippen molar-refractivity contribution in [2.24, 2.45) is 24.6 Å². The number of halogens is 1. The number of ketones is 1. The number of hydrogen-bond donors (Lipinski definition) is 1. The van der Waals surface area contributed by atoms with Crippen molar-refractivity contribution in [3.63, 3.8) is 0 Å². The van der Waals surface area contributed by atoms with Gasteiger partial charge in [0, 0.05) is 18.5 Å². The Kier molecular flexibility index (Phi) is 6.28. The van der Waals surface area contributed by atoms with Gasteiger partial charge in [-0.25, -0.2) is 4.39 Å². The molecule has 1 aromatic carbocycles. The molecule has 6 heteroatoms. The van der Waals surface area contributed by atoms with Gasteiger partial charge < -0.3 is 5.73 Å². The van der Waals surface area contributed by atoms with Gasteiger partial charge in [0.2, 0.25) is 0 Å². The zero-order valence-electron chi connectivity index (χ0n) is 18.1. The van der Waals surface area contributed by atoms with Gasteiger partial charge in [-0.1, -0.05) is 12.1 Å². The van der Waals surface area contributed by atoms with E-state index in [1.165, 1.54) is 6.07 Å². The Morgan fingerprint density at radius 3 is 2.84 bits per heavy atom. The number of aromatic nitrogens is 3. The van der Waals surface area contributed by atoms with Crippen LogP contribution < -0.4 is 5.73 Å². The summed E-state index contributed by atoms with van der Waals surface area (Å²) < 4.78 is 15.3. The van der Waals surface area contributed by atoms with Crippen molar-refractivity contribution < 1.29 is 9.18 Å². The minimum atomic E-state index is -0.222. The standard InChI is InChI=1S/C25H29FN4O/c1-16-15-28-30(2)24(16)23-11-9-21-22(29-23)10-8-19(25(21)31)7-6-18(14-27)12-17-4-3-5-20(26)13-17/h3-5,9,11,13,15,18-19H,6-8,10,12,14,27H2,1-2H3. The fourth-order valence-electron chi connectivity index (χ4n) is 4.64. The molecule has 0 radical (unpaired) electrons. The maximum atomic E-state index is 13.5. The molecule has 1 aliphatic carbocycles. The van der Waals surface area contributed by atoms with Crippen LogP contribution in [0.1, 0.15) is 46.4 Å².